The van der Waals surface area contributed by atoms with Crippen LogP contribution in [0.2, 0.25) is 0 Å². The molecule has 0 aromatic heterocycles. The number of carbonyl (C=O) groups is 2. The van der Waals surface area contributed by atoms with Crippen molar-refractivity contribution < 1.29 is 19.8 Å². The second-order valence-corrected chi connectivity index (χ2v) is 3.73. The first-order valence-electron chi connectivity index (χ1n) is 4.74. The summed E-state index contributed by atoms with van der Waals surface area (Å²) in [5.74, 6) is -3.85. The highest BCUT2D eigenvalue weighted by molar-refractivity contribution is 5.96. The van der Waals surface area contributed by atoms with Crippen LogP contribution in [-0.2, 0) is 9.59 Å². The fourth-order valence-electron chi connectivity index (χ4n) is 2.04. The second kappa shape index (κ2) is 4.41. The fourth-order valence-corrected chi connectivity index (χ4v) is 2.04. The van der Waals surface area contributed by atoms with Crippen molar-refractivity contribution in [2.75, 3.05) is 0 Å². The lowest BCUT2D eigenvalue weighted by Gasteiger charge is -2.30. The molecule has 0 heterocycles. The Morgan fingerprint density at radius 3 is 2.29 bits per heavy atom. The maximum absolute atomic E-state index is 10.9. The van der Waals surface area contributed by atoms with Gasteiger partial charge in [-0.05, 0) is 12.8 Å². The van der Waals surface area contributed by atoms with Gasteiger partial charge in [-0.15, -0.1) is 0 Å². The van der Waals surface area contributed by atoms with Crippen molar-refractivity contribution >= 4 is 11.9 Å². The molecule has 0 aromatic carbocycles. The molecule has 4 N–H and O–H groups in total. The van der Waals surface area contributed by atoms with E-state index < -0.39 is 29.8 Å². The molecule has 1 amide bonds. The smallest absolute Gasteiger partial charge is 0.316 e. The van der Waals surface area contributed by atoms with Gasteiger partial charge in [-0.1, -0.05) is 12.8 Å². The Labute approximate surface area is 81.9 Å². The van der Waals surface area contributed by atoms with E-state index >= 15 is 0 Å². The number of rotatable bonds is 3. The molecule has 0 aliphatic heterocycles. The largest absolute Gasteiger partial charge is 0.481 e. The average molecular weight is 201 g/mol. The van der Waals surface area contributed by atoms with Gasteiger partial charge in [-0.2, -0.15) is 0 Å². The number of aliphatic carboxylic acids is 1. The maximum atomic E-state index is 10.9. The summed E-state index contributed by atoms with van der Waals surface area (Å²) in [5.41, 5.74) is 5.00. The number of hydrogen-bond acceptors (Lipinski definition) is 3. The number of hydrogen-bond donors (Lipinski definition) is 3. The van der Waals surface area contributed by atoms with E-state index in [1.165, 1.54) is 0 Å². The van der Waals surface area contributed by atoms with E-state index in [1.807, 2.05) is 0 Å². The molecule has 1 aliphatic rings. The van der Waals surface area contributed by atoms with Crippen LogP contribution in [0.4, 0.5) is 0 Å². The van der Waals surface area contributed by atoms with Gasteiger partial charge < -0.3 is 15.9 Å². The van der Waals surface area contributed by atoms with Gasteiger partial charge in [0, 0.05) is 5.92 Å². The van der Waals surface area contributed by atoms with Gasteiger partial charge in [-0.25, -0.2) is 0 Å². The normalized spacial score (nSPS) is 29.5. The first kappa shape index (κ1) is 11.0. The second-order valence-electron chi connectivity index (χ2n) is 3.73. The van der Waals surface area contributed by atoms with Crippen molar-refractivity contribution in [3.63, 3.8) is 0 Å². The Bertz CT molecular complexity index is 227. The summed E-state index contributed by atoms with van der Waals surface area (Å²) in [6.07, 6.45) is 2.13. The molecule has 0 aromatic rings. The number of primary amides is 1. The summed E-state index contributed by atoms with van der Waals surface area (Å²) in [6.45, 7) is 0. The lowest BCUT2D eigenvalue weighted by molar-refractivity contribution is -0.151. The number of aliphatic hydroxyl groups is 1. The van der Waals surface area contributed by atoms with Crippen molar-refractivity contribution in [1.29, 1.82) is 0 Å². The first-order valence-corrected chi connectivity index (χ1v) is 4.74. The van der Waals surface area contributed by atoms with Crippen LogP contribution in [0.3, 0.4) is 0 Å². The monoisotopic (exact) mass is 201 g/mol. The Balaban J connectivity index is 2.75. The number of carbonyl (C=O) groups excluding carboxylic acids is 1. The predicted molar refractivity (Wildman–Crippen MR) is 48.3 cm³/mol. The van der Waals surface area contributed by atoms with Crippen molar-refractivity contribution in [2.45, 2.75) is 31.8 Å². The number of carboxylic acid groups (broad SMARTS) is 1. The van der Waals surface area contributed by atoms with Crippen LogP contribution in [0.15, 0.2) is 0 Å². The standard InChI is InChI=1S/C9H15NO4/c10-8(12)7(9(13)14)5-3-1-2-4-6(5)11/h5-7,11H,1-4H2,(H2,10,12)(H,13,14). The molecule has 5 nitrogen and oxygen atoms in total. The van der Waals surface area contributed by atoms with Crippen molar-refractivity contribution in [3.05, 3.63) is 0 Å². The number of nitrogens with two attached hydrogens (primary N) is 1. The molecular weight excluding hydrogens is 186 g/mol. The summed E-state index contributed by atoms with van der Waals surface area (Å²) in [4.78, 5) is 21.7. The predicted octanol–water partition coefficient (Wildman–Crippen LogP) is -0.276. The Morgan fingerprint density at radius 1 is 1.29 bits per heavy atom. The minimum atomic E-state index is -1.25. The third-order valence-corrected chi connectivity index (χ3v) is 2.78. The zero-order valence-corrected chi connectivity index (χ0v) is 7.85. The van der Waals surface area contributed by atoms with E-state index in [4.69, 9.17) is 10.8 Å². The summed E-state index contributed by atoms with van der Waals surface area (Å²) in [7, 11) is 0. The number of carboxylic acids is 1. The van der Waals surface area contributed by atoms with Gasteiger partial charge in [0.1, 0.15) is 5.92 Å². The van der Waals surface area contributed by atoms with Crippen molar-refractivity contribution in [2.24, 2.45) is 17.6 Å². The Morgan fingerprint density at radius 2 is 1.86 bits per heavy atom. The van der Waals surface area contributed by atoms with Gasteiger partial charge in [0.15, 0.2) is 0 Å². The number of aliphatic hydroxyl groups excluding tert-OH is 1. The summed E-state index contributed by atoms with van der Waals surface area (Å²) >= 11 is 0. The average Bonchev–Trinajstić information content (AvgIpc) is 2.07. The molecule has 80 valence electrons. The molecule has 0 spiro atoms. The zero-order chi connectivity index (χ0) is 10.7. The van der Waals surface area contributed by atoms with E-state index in [0.29, 0.717) is 12.8 Å². The van der Waals surface area contributed by atoms with Crippen LogP contribution in [0.25, 0.3) is 0 Å². The van der Waals surface area contributed by atoms with Crippen LogP contribution >= 0.6 is 0 Å². The van der Waals surface area contributed by atoms with Crippen LogP contribution in [0, 0.1) is 11.8 Å². The zero-order valence-electron chi connectivity index (χ0n) is 7.85. The SMILES string of the molecule is NC(=O)C(C(=O)O)C1CCCCC1O. The van der Waals surface area contributed by atoms with Crippen LogP contribution in [0.1, 0.15) is 25.7 Å². The van der Waals surface area contributed by atoms with Gasteiger partial charge in [0.25, 0.3) is 0 Å². The molecule has 1 aliphatic carbocycles. The van der Waals surface area contributed by atoms with Crippen LogP contribution in [0.5, 0.6) is 0 Å². The van der Waals surface area contributed by atoms with E-state index in [0.717, 1.165) is 12.8 Å². The summed E-state index contributed by atoms with van der Waals surface area (Å²) in [6, 6.07) is 0. The van der Waals surface area contributed by atoms with Gasteiger partial charge in [-0.3, -0.25) is 9.59 Å². The van der Waals surface area contributed by atoms with E-state index in [9.17, 15) is 14.7 Å². The molecule has 0 bridgehead atoms. The maximum Gasteiger partial charge on any atom is 0.316 e. The molecular formula is C9H15NO4. The lowest BCUT2D eigenvalue weighted by Crippen LogP contribution is -2.42. The quantitative estimate of drug-likeness (QED) is 0.547. The minimum Gasteiger partial charge on any atom is -0.481 e. The van der Waals surface area contributed by atoms with Crippen LogP contribution in [-0.4, -0.2) is 28.2 Å². The lowest BCUT2D eigenvalue weighted by atomic mass is 9.77. The van der Waals surface area contributed by atoms with Gasteiger partial charge in [0.2, 0.25) is 5.91 Å². The topological polar surface area (TPSA) is 101 Å². The molecule has 3 unspecified atom stereocenters. The molecule has 0 radical (unpaired) electrons. The summed E-state index contributed by atoms with van der Waals surface area (Å²) < 4.78 is 0. The molecule has 0 saturated heterocycles. The van der Waals surface area contributed by atoms with E-state index in [1.54, 1.807) is 0 Å². The molecule has 1 rings (SSSR count). The molecule has 1 fully saturated rings. The molecule has 1 saturated carbocycles. The van der Waals surface area contributed by atoms with Gasteiger partial charge in [0.05, 0.1) is 6.10 Å². The fraction of sp³-hybridized carbons (Fsp3) is 0.778. The highest BCUT2D eigenvalue weighted by atomic mass is 16.4. The number of amides is 1. The van der Waals surface area contributed by atoms with E-state index in [-0.39, 0.29) is 0 Å². The van der Waals surface area contributed by atoms with E-state index in [2.05, 4.69) is 0 Å². The van der Waals surface area contributed by atoms with Crippen molar-refractivity contribution in [1.82, 2.24) is 0 Å². The third-order valence-electron chi connectivity index (χ3n) is 2.78. The summed E-state index contributed by atoms with van der Waals surface area (Å²) in [5, 5.41) is 18.4. The Kier molecular flexibility index (Phi) is 3.46. The molecule has 5 heteroatoms. The van der Waals surface area contributed by atoms with Crippen LogP contribution < -0.4 is 5.73 Å². The molecule has 14 heavy (non-hydrogen) atoms. The Hall–Kier alpha value is -1.10. The highest BCUT2D eigenvalue weighted by Gasteiger charge is 2.38. The highest BCUT2D eigenvalue weighted by Crippen LogP contribution is 2.30. The van der Waals surface area contributed by atoms with Crippen molar-refractivity contribution in [3.8, 4) is 0 Å². The van der Waals surface area contributed by atoms with Gasteiger partial charge >= 0.3 is 5.97 Å². The third kappa shape index (κ3) is 2.23. The first-order chi connectivity index (χ1) is 6.54. The minimum absolute atomic E-state index is 0.515. The molecule has 3 atom stereocenters.